The SMILES string of the molecule is Cc1cc(C)n(C[C@@H](C)NCCCn2ccccc2=O)n1. The van der Waals surface area contributed by atoms with Gasteiger partial charge in [0.15, 0.2) is 0 Å². The van der Waals surface area contributed by atoms with Crippen molar-refractivity contribution < 1.29 is 0 Å². The van der Waals surface area contributed by atoms with Crippen LogP contribution in [0.4, 0.5) is 0 Å². The summed E-state index contributed by atoms with van der Waals surface area (Å²) in [7, 11) is 0. The molecule has 2 heterocycles. The molecule has 0 unspecified atom stereocenters. The van der Waals surface area contributed by atoms with Crippen molar-refractivity contribution in [1.82, 2.24) is 19.7 Å². The maximum atomic E-state index is 11.6. The van der Waals surface area contributed by atoms with Crippen molar-refractivity contribution in [2.45, 2.75) is 46.3 Å². The Labute approximate surface area is 125 Å². The van der Waals surface area contributed by atoms with E-state index in [1.165, 1.54) is 5.69 Å². The van der Waals surface area contributed by atoms with Gasteiger partial charge in [-0.25, -0.2) is 0 Å². The second kappa shape index (κ2) is 7.22. The number of pyridine rings is 1. The summed E-state index contributed by atoms with van der Waals surface area (Å²) in [5, 5.41) is 7.95. The molecule has 114 valence electrons. The van der Waals surface area contributed by atoms with E-state index in [0.29, 0.717) is 6.04 Å². The van der Waals surface area contributed by atoms with Gasteiger partial charge in [-0.3, -0.25) is 9.48 Å². The predicted octanol–water partition coefficient (Wildman–Crippen LogP) is 1.73. The van der Waals surface area contributed by atoms with Gasteiger partial charge in [-0.2, -0.15) is 5.10 Å². The number of hydrogen-bond acceptors (Lipinski definition) is 3. The van der Waals surface area contributed by atoms with E-state index in [-0.39, 0.29) is 5.56 Å². The van der Waals surface area contributed by atoms with Gasteiger partial charge in [-0.15, -0.1) is 0 Å². The molecule has 1 atom stereocenters. The van der Waals surface area contributed by atoms with Gasteiger partial charge in [0, 0.05) is 30.5 Å². The summed E-state index contributed by atoms with van der Waals surface area (Å²) in [6, 6.07) is 7.71. The van der Waals surface area contributed by atoms with Crippen LogP contribution in [0.1, 0.15) is 24.7 Å². The smallest absolute Gasteiger partial charge is 0.250 e. The van der Waals surface area contributed by atoms with E-state index in [2.05, 4.69) is 30.3 Å². The molecule has 2 aromatic rings. The zero-order valence-electron chi connectivity index (χ0n) is 13.0. The highest BCUT2D eigenvalue weighted by molar-refractivity contribution is 5.06. The lowest BCUT2D eigenvalue weighted by atomic mass is 10.3. The number of nitrogens with one attached hydrogen (secondary N) is 1. The lowest BCUT2D eigenvalue weighted by Crippen LogP contribution is -2.32. The first-order valence-corrected chi connectivity index (χ1v) is 7.46. The number of aromatic nitrogens is 3. The molecule has 5 nitrogen and oxygen atoms in total. The zero-order chi connectivity index (χ0) is 15.2. The highest BCUT2D eigenvalue weighted by Gasteiger charge is 2.06. The van der Waals surface area contributed by atoms with Crippen molar-refractivity contribution >= 4 is 0 Å². The lowest BCUT2D eigenvalue weighted by molar-refractivity contribution is 0.433. The van der Waals surface area contributed by atoms with Crippen LogP contribution in [0.15, 0.2) is 35.3 Å². The molecule has 2 rings (SSSR count). The zero-order valence-corrected chi connectivity index (χ0v) is 13.0. The fraction of sp³-hybridized carbons (Fsp3) is 0.500. The fourth-order valence-corrected chi connectivity index (χ4v) is 2.43. The van der Waals surface area contributed by atoms with E-state index in [0.717, 1.165) is 31.7 Å². The number of nitrogens with zero attached hydrogens (tertiary/aromatic N) is 3. The normalized spacial score (nSPS) is 12.5. The van der Waals surface area contributed by atoms with Crippen molar-refractivity contribution in [2.24, 2.45) is 0 Å². The molecule has 0 radical (unpaired) electrons. The molecule has 0 spiro atoms. The molecule has 5 heteroatoms. The van der Waals surface area contributed by atoms with E-state index >= 15 is 0 Å². The third kappa shape index (κ3) is 4.56. The maximum absolute atomic E-state index is 11.6. The van der Waals surface area contributed by atoms with E-state index in [1.54, 1.807) is 16.7 Å². The van der Waals surface area contributed by atoms with Gasteiger partial charge in [0.2, 0.25) is 5.56 Å². The van der Waals surface area contributed by atoms with Gasteiger partial charge in [-0.05, 0) is 45.9 Å². The van der Waals surface area contributed by atoms with Crippen LogP contribution in [-0.4, -0.2) is 26.9 Å². The second-order valence-corrected chi connectivity index (χ2v) is 5.55. The summed E-state index contributed by atoms with van der Waals surface area (Å²) in [4.78, 5) is 11.6. The van der Waals surface area contributed by atoms with E-state index in [9.17, 15) is 4.79 Å². The Kier molecular flexibility index (Phi) is 5.33. The molecule has 0 aliphatic heterocycles. The third-order valence-corrected chi connectivity index (χ3v) is 3.52. The monoisotopic (exact) mass is 288 g/mol. The minimum absolute atomic E-state index is 0.0631. The van der Waals surface area contributed by atoms with E-state index in [1.807, 2.05) is 23.9 Å². The van der Waals surface area contributed by atoms with Crippen LogP contribution < -0.4 is 10.9 Å². The highest BCUT2D eigenvalue weighted by Crippen LogP contribution is 2.02. The summed E-state index contributed by atoms with van der Waals surface area (Å²) in [5.74, 6) is 0. The predicted molar refractivity (Wildman–Crippen MR) is 84.5 cm³/mol. The van der Waals surface area contributed by atoms with E-state index in [4.69, 9.17) is 0 Å². The average molecular weight is 288 g/mol. The molecular formula is C16H24N4O. The molecule has 0 saturated carbocycles. The van der Waals surface area contributed by atoms with Crippen molar-refractivity contribution in [2.75, 3.05) is 6.54 Å². The minimum atomic E-state index is 0.0631. The van der Waals surface area contributed by atoms with Gasteiger partial charge in [0.05, 0.1) is 12.2 Å². The molecule has 21 heavy (non-hydrogen) atoms. The third-order valence-electron chi connectivity index (χ3n) is 3.52. The summed E-state index contributed by atoms with van der Waals surface area (Å²) in [5.41, 5.74) is 2.31. The van der Waals surface area contributed by atoms with Crippen molar-refractivity contribution in [1.29, 1.82) is 0 Å². The molecule has 0 aliphatic carbocycles. The van der Waals surface area contributed by atoms with Gasteiger partial charge < -0.3 is 9.88 Å². The Morgan fingerprint density at radius 2 is 2.14 bits per heavy atom. The first-order valence-electron chi connectivity index (χ1n) is 7.46. The van der Waals surface area contributed by atoms with Crippen LogP contribution in [0.3, 0.4) is 0 Å². The quantitative estimate of drug-likeness (QED) is 0.789. The highest BCUT2D eigenvalue weighted by atomic mass is 16.1. The van der Waals surface area contributed by atoms with Gasteiger partial charge >= 0.3 is 0 Å². The van der Waals surface area contributed by atoms with Gasteiger partial charge in [0.1, 0.15) is 0 Å². The molecule has 1 N–H and O–H groups in total. The Hall–Kier alpha value is -1.88. The van der Waals surface area contributed by atoms with Crippen LogP contribution in [0.2, 0.25) is 0 Å². The topological polar surface area (TPSA) is 51.9 Å². The van der Waals surface area contributed by atoms with Crippen molar-refractivity contribution in [3.8, 4) is 0 Å². The molecular weight excluding hydrogens is 264 g/mol. The fourth-order valence-electron chi connectivity index (χ4n) is 2.43. The van der Waals surface area contributed by atoms with E-state index < -0.39 is 0 Å². The largest absolute Gasteiger partial charge is 0.315 e. The molecule has 0 fully saturated rings. The summed E-state index contributed by atoms with van der Waals surface area (Å²) in [6.45, 7) is 8.75. The summed E-state index contributed by atoms with van der Waals surface area (Å²) in [6.07, 6.45) is 2.77. The number of rotatable bonds is 7. The Morgan fingerprint density at radius 1 is 1.33 bits per heavy atom. The van der Waals surface area contributed by atoms with Crippen LogP contribution in [0.25, 0.3) is 0 Å². The molecule has 0 aromatic carbocycles. The standard InChI is InChI=1S/C16H24N4O/c1-13-11-15(3)20(18-13)12-14(2)17-8-6-10-19-9-5-4-7-16(19)21/h4-5,7,9,11,14,17H,6,8,10,12H2,1-3H3/t14-/m1/s1. The molecule has 0 bridgehead atoms. The summed E-state index contributed by atoms with van der Waals surface area (Å²) < 4.78 is 3.78. The first-order chi connectivity index (χ1) is 10.1. The van der Waals surface area contributed by atoms with Gasteiger partial charge in [0.25, 0.3) is 0 Å². The Balaban J connectivity index is 1.72. The summed E-state index contributed by atoms with van der Waals surface area (Å²) >= 11 is 0. The average Bonchev–Trinajstić information content (AvgIpc) is 2.75. The Bertz CT molecular complexity index is 629. The van der Waals surface area contributed by atoms with Crippen LogP contribution in [0, 0.1) is 13.8 Å². The second-order valence-electron chi connectivity index (χ2n) is 5.55. The van der Waals surface area contributed by atoms with Crippen LogP contribution in [-0.2, 0) is 13.1 Å². The molecule has 0 aliphatic rings. The van der Waals surface area contributed by atoms with Crippen molar-refractivity contribution in [3.05, 3.63) is 52.2 Å². The van der Waals surface area contributed by atoms with Crippen LogP contribution in [0.5, 0.6) is 0 Å². The Morgan fingerprint density at radius 3 is 2.81 bits per heavy atom. The first kappa shape index (κ1) is 15.5. The maximum Gasteiger partial charge on any atom is 0.250 e. The van der Waals surface area contributed by atoms with Crippen LogP contribution >= 0.6 is 0 Å². The lowest BCUT2D eigenvalue weighted by Gasteiger charge is -2.15. The molecule has 0 saturated heterocycles. The number of aryl methyl sites for hydroxylation is 3. The molecule has 0 amide bonds. The number of hydrogen-bond donors (Lipinski definition) is 1. The van der Waals surface area contributed by atoms with Gasteiger partial charge in [-0.1, -0.05) is 6.07 Å². The molecule has 2 aromatic heterocycles. The minimum Gasteiger partial charge on any atom is -0.315 e. The van der Waals surface area contributed by atoms with Crippen molar-refractivity contribution in [3.63, 3.8) is 0 Å².